The van der Waals surface area contributed by atoms with Gasteiger partial charge in [0.05, 0.1) is 6.54 Å². The van der Waals surface area contributed by atoms with Crippen LogP contribution in [-0.4, -0.2) is 41.5 Å². The van der Waals surface area contributed by atoms with E-state index in [1.807, 2.05) is 35.2 Å². The molecular formula is C14H18N2O3. The molecule has 0 aromatic heterocycles. The first-order valence-corrected chi connectivity index (χ1v) is 6.45. The number of hydrogen-bond acceptors (Lipinski definition) is 3. The number of likely N-dealkylation sites (tertiary alicyclic amines) is 1. The number of carboxylic acids is 1. The number of benzene rings is 1. The van der Waals surface area contributed by atoms with Crippen molar-refractivity contribution in [3.05, 3.63) is 30.3 Å². The van der Waals surface area contributed by atoms with Crippen molar-refractivity contribution >= 4 is 17.6 Å². The number of anilines is 1. The molecule has 1 aromatic rings. The highest BCUT2D eigenvalue weighted by molar-refractivity contribution is 5.92. The average molecular weight is 262 g/mol. The molecule has 0 atom stereocenters. The number of amides is 1. The standard InChI is InChI=1S/C14H18N2O3/c17-13(18)10-16-8-6-11(7-9-16)14(19)15-12-4-2-1-3-5-12/h1-5,11H,6-10H2,(H,15,19)(H,17,18). The summed E-state index contributed by atoms with van der Waals surface area (Å²) in [4.78, 5) is 24.5. The van der Waals surface area contributed by atoms with Crippen LogP contribution in [0.5, 0.6) is 0 Å². The smallest absolute Gasteiger partial charge is 0.317 e. The van der Waals surface area contributed by atoms with Gasteiger partial charge in [0.15, 0.2) is 0 Å². The fourth-order valence-electron chi connectivity index (χ4n) is 2.31. The Labute approximate surface area is 112 Å². The fraction of sp³-hybridized carbons (Fsp3) is 0.429. The lowest BCUT2D eigenvalue weighted by Gasteiger charge is -2.29. The summed E-state index contributed by atoms with van der Waals surface area (Å²) in [6.45, 7) is 1.39. The maximum absolute atomic E-state index is 12.1. The lowest BCUT2D eigenvalue weighted by Crippen LogP contribution is -2.40. The quantitative estimate of drug-likeness (QED) is 0.861. The summed E-state index contributed by atoms with van der Waals surface area (Å²) < 4.78 is 0. The van der Waals surface area contributed by atoms with Gasteiger partial charge in [-0.2, -0.15) is 0 Å². The van der Waals surface area contributed by atoms with E-state index in [0.29, 0.717) is 25.9 Å². The lowest BCUT2D eigenvalue weighted by molar-refractivity contribution is -0.138. The molecule has 1 heterocycles. The maximum Gasteiger partial charge on any atom is 0.317 e. The molecule has 2 N–H and O–H groups in total. The zero-order valence-electron chi connectivity index (χ0n) is 10.7. The monoisotopic (exact) mass is 262 g/mol. The molecule has 0 aliphatic carbocycles. The number of nitrogens with zero attached hydrogens (tertiary/aromatic N) is 1. The number of piperidine rings is 1. The third kappa shape index (κ3) is 4.06. The number of aliphatic carboxylic acids is 1. The molecule has 1 aliphatic heterocycles. The van der Waals surface area contributed by atoms with E-state index in [0.717, 1.165) is 5.69 Å². The van der Waals surface area contributed by atoms with Crippen LogP contribution >= 0.6 is 0 Å². The van der Waals surface area contributed by atoms with Gasteiger partial charge >= 0.3 is 5.97 Å². The first-order chi connectivity index (χ1) is 9.15. The topological polar surface area (TPSA) is 69.6 Å². The van der Waals surface area contributed by atoms with Crippen molar-refractivity contribution in [2.45, 2.75) is 12.8 Å². The lowest BCUT2D eigenvalue weighted by atomic mass is 9.96. The van der Waals surface area contributed by atoms with Crippen LogP contribution in [0.25, 0.3) is 0 Å². The molecule has 0 unspecified atom stereocenters. The van der Waals surface area contributed by atoms with Crippen LogP contribution in [0.4, 0.5) is 5.69 Å². The molecule has 5 heteroatoms. The van der Waals surface area contributed by atoms with Gasteiger partial charge < -0.3 is 10.4 Å². The Hall–Kier alpha value is -1.88. The van der Waals surface area contributed by atoms with Crippen LogP contribution in [-0.2, 0) is 9.59 Å². The van der Waals surface area contributed by atoms with Gasteiger partial charge in [0, 0.05) is 11.6 Å². The maximum atomic E-state index is 12.1. The second kappa shape index (κ2) is 6.33. The van der Waals surface area contributed by atoms with Crippen molar-refractivity contribution in [1.29, 1.82) is 0 Å². The van der Waals surface area contributed by atoms with Crippen LogP contribution in [0.1, 0.15) is 12.8 Å². The Morgan fingerprint density at radius 3 is 2.42 bits per heavy atom. The van der Waals surface area contributed by atoms with Crippen molar-refractivity contribution < 1.29 is 14.7 Å². The minimum absolute atomic E-state index is 0.0229. The van der Waals surface area contributed by atoms with Gasteiger partial charge in [-0.3, -0.25) is 14.5 Å². The average Bonchev–Trinajstić information content (AvgIpc) is 2.40. The van der Waals surface area contributed by atoms with Crippen LogP contribution in [0.15, 0.2) is 30.3 Å². The molecule has 0 spiro atoms. The van der Waals surface area contributed by atoms with Gasteiger partial charge in [-0.05, 0) is 38.1 Å². The molecular weight excluding hydrogens is 244 g/mol. The van der Waals surface area contributed by atoms with Gasteiger partial charge in [0.1, 0.15) is 0 Å². The molecule has 1 aliphatic rings. The van der Waals surface area contributed by atoms with Crippen molar-refractivity contribution in [2.75, 3.05) is 25.0 Å². The SMILES string of the molecule is O=C(O)CN1CCC(C(=O)Nc2ccccc2)CC1. The summed E-state index contributed by atoms with van der Waals surface area (Å²) in [5.74, 6) is -0.807. The van der Waals surface area contributed by atoms with E-state index in [9.17, 15) is 9.59 Å². The number of hydrogen-bond donors (Lipinski definition) is 2. The molecule has 5 nitrogen and oxygen atoms in total. The van der Waals surface area contributed by atoms with Crippen molar-refractivity contribution in [3.8, 4) is 0 Å². The van der Waals surface area contributed by atoms with E-state index < -0.39 is 5.97 Å². The van der Waals surface area contributed by atoms with Crippen LogP contribution < -0.4 is 5.32 Å². The number of carbonyl (C=O) groups excluding carboxylic acids is 1. The van der Waals surface area contributed by atoms with Crippen LogP contribution in [0, 0.1) is 5.92 Å². The highest BCUT2D eigenvalue weighted by Gasteiger charge is 2.25. The Kier molecular flexibility index (Phi) is 4.52. The summed E-state index contributed by atoms with van der Waals surface area (Å²) in [7, 11) is 0. The first kappa shape index (κ1) is 13.5. The Balaban J connectivity index is 1.81. The van der Waals surface area contributed by atoms with E-state index in [-0.39, 0.29) is 18.4 Å². The van der Waals surface area contributed by atoms with Gasteiger partial charge in [-0.15, -0.1) is 0 Å². The van der Waals surface area contributed by atoms with Gasteiger partial charge in [-0.1, -0.05) is 18.2 Å². The molecule has 2 rings (SSSR count). The molecule has 1 fully saturated rings. The van der Waals surface area contributed by atoms with Gasteiger partial charge in [0.25, 0.3) is 0 Å². The highest BCUT2D eigenvalue weighted by atomic mass is 16.4. The second-order valence-electron chi connectivity index (χ2n) is 4.80. The zero-order chi connectivity index (χ0) is 13.7. The number of nitrogens with one attached hydrogen (secondary N) is 1. The van der Waals surface area contributed by atoms with E-state index in [1.165, 1.54) is 0 Å². The molecule has 0 saturated carbocycles. The summed E-state index contributed by atoms with van der Waals surface area (Å²) in [5, 5.41) is 11.6. The van der Waals surface area contributed by atoms with Crippen molar-refractivity contribution in [3.63, 3.8) is 0 Å². The minimum Gasteiger partial charge on any atom is -0.480 e. The predicted octanol–water partition coefficient (Wildman–Crippen LogP) is 1.42. The summed E-state index contributed by atoms with van der Waals surface area (Å²) >= 11 is 0. The molecule has 102 valence electrons. The largest absolute Gasteiger partial charge is 0.480 e. The minimum atomic E-state index is -0.813. The Bertz CT molecular complexity index is 439. The van der Waals surface area contributed by atoms with E-state index in [2.05, 4.69) is 5.32 Å². The third-order valence-corrected chi connectivity index (χ3v) is 3.36. The first-order valence-electron chi connectivity index (χ1n) is 6.45. The highest BCUT2D eigenvalue weighted by Crippen LogP contribution is 2.19. The predicted molar refractivity (Wildman–Crippen MR) is 71.9 cm³/mol. The second-order valence-corrected chi connectivity index (χ2v) is 4.80. The van der Waals surface area contributed by atoms with E-state index >= 15 is 0 Å². The van der Waals surface area contributed by atoms with Crippen LogP contribution in [0.3, 0.4) is 0 Å². The zero-order valence-corrected chi connectivity index (χ0v) is 10.7. The van der Waals surface area contributed by atoms with Gasteiger partial charge in [0.2, 0.25) is 5.91 Å². The number of rotatable bonds is 4. The number of para-hydroxylation sites is 1. The van der Waals surface area contributed by atoms with E-state index in [1.54, 1.807) is 0 Å². The normalized spacial score (nSPS) is 17.1. The molecule has 1 saturated heterocycles. The fourth-order valence-corrected chi connectivity index (χ4v) is 2.31. The molecule has 1 amide bonds. The van der Waals surface area contributed by atoms with Crippen molar-refractivity contribution in [1.82, 2.24) is 4.90 Å². The Morgan fingerprint density at radius 1 is 1.21 bits per heavy atom. The van der Waals surface area contributed by atoms with Gasteiger partial charge in [-0.25, -0.2) is 0 Å². The summed E-state index contributed by atoms with van der Waals surface area (Å²) in [6, 6.07) is 9.38. The molecule has 19 heavy (non-hydrogen) atoms. The van der Waals surface area contributed by atoms with Crippen molar-refractivity contribution in [2.24, 2.45) is 5.92 Å². The number of carbonyl (C=O) groups is 2. The summed E-state index contributed by atoms with van der Waals surface area (Å²) in [6.07, 6.45) is 1.43. The number of carboxylic acid groups (broad SMARTS) is 1. The summed E-state index contributed by atoms with van der Waals surface area (Å²) in [5.41, 5.74) is 0.806. The third-order valence-electron chi connectivity index (χ3n) is 3.36. The molecule has 1 aromatic carbocycles. The van der Waals surface area contributed by atoms with Crippen LogP contribution in [0.2, 0.25) is 0 Å². The Morgan fingerprint density at radius 2 is 1.84 bits per heavy atom. The molecule has 0 bridgehead atoms. The molecule has 0 radical (unpaired) electrons. The van der Waals surface area contributed by atoms with E-state index in [4.69, 9.17) is 5.11 Å².